The molecule has 2 bridgehead atoms. The number of Topliss-reactive ketones (excluding diaryl/α,β-unsaturated/α-hetero) is 1. The molecule has 30 heavy (non-hydrogen) atoms. The van der Waals surface area contributed by atoms with Crippen molar-refractivity contribution in [3.05, 3.63) is 53.9 Å². The van der Waals surface area contributed by atoms with Crippen LogP contribution in [0.3, 0.4) is 0 Å². The fraction of sp³-hybridized carbons (Fsp3) is 0.462. The van der Waals surface area contributed by atoms with E-state index in [-0.39, 0.29) is 5.78 Å². The van der Waals surface area contributed by atoms with Crippen LogP contribution in [0, 0.1) is 0 Å². The minimum Gasteiger partial charge on any atom is -0.323 e. The fourth-order valence-corrected chi connectivity index (χ4v) is 5.75. The van der Waals surface area contributed by atoms with Gasteiger partial charge in [-0.1, -0.05) is 36.8 Å². The Morgan fingerprint density at radius 2 is 1.77 bits per heavy atom. The smallest absolute Gasteiger partial charge is 0.134 e. The summed E-state index contributed by atoms with van der Waals surface area (Å²) in [6, 6.07) is 16.5. The molecule has 4 nitrogen and oxygen atoms in total. The summed E-state index contributed by atoms with van der Waals surface area (Å²) in [5.74, 6) is 2.09. The van der Waals surface area contributed by atoms with E-state index in [0.717, 1.165) is 17.1 Å². The zero-order valence-corrected chi connectivity index (χ0v) is 17.7. The second kappa shape index (κ2) is 7.05. The molecule has 2 aromatic carbocycles. The standard InChI is InChI=1S/C26H29N3O/c1-17(30)13-18-5-7-19(8-6-18)20-10-12-25-24(14-20)27-26-21-9-11-23(29(25)26)16-28(15-21)22-3-2-4-22/h5-8,10,12,14,21-23H,2-4,9,11,13,15-16H2,1H3. The lowest BCUT2D eigenvalue weighted by molar-refractivity contribution is -0.116. The Balaban J connectivity index is 1.33. The van der Waals surface area contributed by atoms with Crippen molar-refractivity contribution in [2.75, 3.05) is 13.1 Å². The topological polar surface area (TPSA) is 38.1 Å². The maximum Gasteiger partial charge on any atom is 0.134 e. The van der Waals surface area contributed by atoms with Crippen molar-refractivity contribution in [3.63, 3.8) is 0 Å². The normalized spacial score (nSPS) is 23.9. The molecule has 7 rings (SSSR count). The Bertz CT molecular complexity index is 1110. The number of rotatable bonds is 4. The van der Waals surface area contributed by atoms with Crippen LogP contribution < -0.4 is 0 Å². The SMILES string of the molecule is CC(=O)Cc1ccc(-c2ccc3c(c2)nc2n3C3CCC2CN(C2CCC2)C3)cc1. The van der Waals surface area contributed by atoms with Crippen LogP contribution in [0.1, 0.15) is 62.4 Å². The van der Waals surface area contributed by atoms with E-state index in [1.807, 2.05) is 0 Å². The molecule has 0 radical (unpaired) electrons. The van der Waals surface area contributed by atoms with E-state index >= 15 is 0 Å². The Kier molecular flexibility index (Phi) is 4.31. The van der Waals surface area contributed by atoms with E-state index in [0.29, 0.717) is 18.4 Å². The molecular formula is C26H29N3O. The molecule has 4 heteroatoms. The predicted molar refractivity (Wildman–Crippen MR) is 120 cm³/mol. The van der Waals surface area contributed by atoms with Gasteiger partial charge in [-0.15, -0.1) is 0 Å². The predicted octanol–water partition coefficient (Wildman–Crippen LogP) is 5.12. The fourth-order valence-electron chi connectivity index (χ4n) is 5.75. The van der Waals surface area contributed by atoms with Crippen molar-refractivity contribution >= 4 is 16.8 Å². The average molecular weight is 400 g/mol. The number of fused-ring (bicyclic) bond motifs is 4. The molecule has 1 saturated carbocycles. The number of benzene rings is 2. The lowest BCUT2D eigenvalue weighted by Gasteiger charge is -2.37. The van der Waals surface area contributed by atoms with Gasteiger partial charge in [0.05, 0.1) is 11.0 Å². The summed E-state index contributed by atoms with van der Waals surface area (Å²) in [4.78, 5) is 19.3. The van der Waals surface area contributed by atoms with E-state index in [1.165, 1.54) is 67.7 Å². The quantitative estimate of drug-likeness (QED) is 0.611. The monoisotopic (exact) mass is 399 g/mol. The Morgan fingerprint density at radius 3 is 2.50 bits per heavy atom. The Morgan fingerprint density at radius 1 is 0.967 bits per heavy atom. The molecule has 0 spiro atoms. The number of imidazole rings is 1. The highest BCUT2D eigenvalue weighted by Crippen LogP contribution is 2.43. The number of hydrogen-bond acceptors (Lipinski definition) is 3. The van der Waals surface area contributed by atoms with E-state index in [2.05, 4.69) is 51.9 Å². The van der Waals surface area contributed by atoms with E-state index < -0.39 is 0 Å². The summed E-state index contributed by atoms with van der Waals surface area (Å²) in [5.41, 5.74) is 5.89. The van der Waals surface area contributed by atoms with Gasteiger partial charge in [0.25, 0.3) is 0 Å². The summed E-state index contributed by atoms with van der Waals surface area (Å²) in [6.45, 7) is 4.02. The first-order valence-electron chi connectivity index (χ1n) is 11.5. The summed E-state index contributed by atoms with van der Waals surface area (Å²) in [5, 5.41) is 0. The maximum atomic E-state index is 11.4. The van der Waals surface area contributed by atoms with E-state index in [9.17, 15) is 4.79 Å². The molecule has 1 aliphatic carbocycles. The minimum absolute atomic E-state index is 0.203. The van der Waals surface area contributed by atoms with Crippen LogP contribution >= 0.6 is 0 Å². The molecule has 1 saturated heterocycles. The highest BCUT2D eigenvalue weighted by molar-refractivity contribution is 5.83. The zero-order valence-electron chi connectivity index (χ0n) is 17.7. The number of carbonyl (C=O) groups excluding carboxylic acids is 1. The van der Waals surface area contributed by atoms with Gasteiger partial charge in [0, 0.05) is 37.5 Å². The second-order valence-electron chi connectivity index (χ2n) is 9.59. The van der Waals surface area contributed by atoms with Gasteiger partial charge in [0.1, 0.15) is 11.6 Å². The van der Waals surface area contributed by atoms with Gasteiger partial charge in [-0.25, -0.2) is 4.98 Å². The van der Waals surface area contributed by atoms with Crippen LogP contribution in [0.25, 0.3) is 22.2 Å². The first kappa shape index (κ1) is 18.3. The van der Waals surface area contributed by atoms with Gasteiger partial charge in [0.15, 0.2) is 0 Å². The van der Waals surface area contributed by atoms with Crippen molar-refractivity contribution in [2.45, 2.75) is 63.5 Å². The molecule has 2 fully saturated rings. The number of carbonyl (C=O) groups is 1. The lowest BCUT2D eigenvalue weighted by Crippen LogP contribution is -2.42. The highest BCUT2D eigenvalue weighted by Gasteiger charge is 2.39. The zero-order chi connectivity index (χ0) is 20.2. The molecule has 3 aromatic rings. The Hall–Kier alpha value is -2.46. The first-order chi connectivity index (χ1) is 14.7. The van der Waals surface area contributed by atoms with Crippen LogP contribution in [-0.2, 0) is 11.2 Å². The molecule has 0 amide bonds. The third kappa shape index (κ3) is 3.01. The van der Waals surface area contributed by atoms with Crippen LogP contribution in [0.4, 0.5) is 0 Å². The molecule has 4 aliphatic rings. The first-order valence-corrected chi connectivity index (χ1v) is 11.5. The molecule has 3 aliphatic heterocycles. The van der Waals surface area contributed by atoms with Crippen LogP contribution in [0.15, 0.2) is 42.5 Å². The molecule has 0 N–H and O–H groups in total. The average Bonchev–Trinajstić information content (AvgIpc) is 2.87. The van der Waals surface area contributed by atoms with Crippen molar-refractivity contribution in [3.8, 4) is 11.1 Å². The summed E-state index contributed by atoms with van der Waals surface area (Å²) < 4.78 is 2.57. The van der Waals surface area contributed by atoms with Crippen molar-refractivity contribution in [1.29, 1.82) is 0 Å². The summed E-state index contributed by atoms with van der Waals surface area (Å²) in [6.07, 6.45) is 7.25. The van der Waals surface area contributed by atoms with Gasteiger partial charge in [-0.3, -0.25) is 9.69 Å². The third-order valence-electron chi connectivity index (χ3n) is 7.53. The lowest BCUT2D eigenvalue weighted by atomic mass is 9.91. The number of ketones is 1. The minimum atomic E-state index is 0.203. The largest absolute Gasteiger partial charge is 0.323 e. The summed E-state index contributed by atoms with van der Waals surface area (Å²) >= 11 is 0. The van der Waals surface area contributed by atoms with Crippen molar-refractivity contribution in [2.24, 2.45) is 0 Å². The number of hydrogen-bond donors (Lipinski definition) is 0. The van der Waals surface area contributed by atoms with Crippen molar-refractivity contribution in [1.82, 2.24) is 14.5 Å². The summed E-state index contributed by atoms with van der Waals surface area (Å²) in [7, 11) is 0. The highest BCUT2D eigenvalue weighted by atomic mass is 16.1. The van der Waals surface area contributed by atoms with Crippen LogP contribution in [0.2, 0.25) is 0 Å². The van der Waals surface area contributed by atoms with E-state index in [1.54, 1.807) is 6.92 Å². The molecule has 154 valence electrons. The molecule has 2 unspecified atom stereocenters. The molecule has 1 aromatic heterocycles. The van der Waals surface area contributed by atoms with Gasteiger partial charge < -0.3 is 4.57 Å². The second-order valence-corrected chi connectivity index (χ2v) is 9.59. The van der Waals surface area contributed by atoms with Crippen LogP contribution in [-0.4, -0.2) is 39.4 Å². The van der Waals surface area contributed by atoms with Crippen LogP contribution in [0.5, 0.6) is 0 Å². The third-order valence-corrected chi connectivity index (χ3v) is 7.53. The van der Waals surface area contributed by atoms with E-state index in [4.69, 9.17) is 4.98 Å². The van der Waals surface area contributed by atoms with Gasteiger partial charge in [0.2, 0.25) is 0 Å². The van der Waals surface area contributed by atoms with Gasteiger partial charge in [-0.05, 0) is 61.4 Å². The molecular weight excluding hydrogens is 370 g/mol. The van der Waals surface area contributed by atoms with Gasteiger partial charge in [-0.2, -0.15) is 0 Å². The molecule has 4 heterocycles. The Labute approximate surface area is 177 Å². The van der Waals surface area contributed by atoms with Gasteiger partial charge >= 0.3 is 0 Å². The molecule has 2 atom stereocenters. The number of nitrogens with zero attached hydrogens (tertiary/aromatic N) is 3. The van der Waals surface area contributed by atoms with Crippen molar-refractivity contribution < 1.29 is 4.79 Å². The number of aromatic nitrogens is 2. The maximum absolute atomic E-state index is 11.4.